The van der Waals surface area contributed by atoms with Gasteiger partial charge in [-0.15, -0.1) is 0 Å². The standard InChI is InChI=1S/C20H26FN3O2/c1-14(2)19-18(15(3)22-26-19)20(25)24-12-10-23(11-13-24)9-8-16-4-6-17(21)7-5-16/h4-7,14H,8-13H2,1-3H3. The Balaban J connectivity index is 1.54. The van der Waals surface area contributed by atoms with Crippen LogP contribution in [0.2, 0.25) is 0 Å². The summed E-state index contributed by atoms with van der Waals surface area (Å²) in [5.74, 6) is 0.620. The average Bonchev–Trinajstić information content (AvgIpc) is 3.03. The zero-order chi connectivity index (χ0) is 18.7. The second-order valence-corrected chi connectivity index (χ2v) is 7.17. The van der Waals surface area contributed by atoms with Crippen molar-refractivity contribution < 1.29 is 13.7 Å². The number of aromatic nitrogens is 1. The lowest BCUT2D eigenvalue weighted by Crippen LogP contribution is -2.49. The summed E-state index contributed by atoms with van der Waals surface area (Å²) in [5.41, 5.74) is 2.42. The SMILES string of the molecule is Cc1noc(C(C)C)c1C(=O)N1CCN(CCc2ccc(F)cc2)CC1. The molecule has 0 spiro atoms. The minimum Gasteiger partial charge on any atom is -0.360 e. The Kier molecular flexibility index (Phi) is 5.71. The molecule has 0 bridgehead atoms. The molecule has 1 saturated heterocycles. The van der Waals surface area contributed by atoms with Crippen LogP contribution >= 0.6 is 0 Å². The molecule has 5 nitrogen and oxygen atoms in total. The van der Waals surface area contributed by atoms with Gasteiger partial charge in [0.15, 0.2) is 5.76 Å². The van der Waals surface area contributed by atoms with Crippen molar-refractivity contribution in [3.05, 3.63) is 52.7 Å². The number of rotatable bonds is 5. The lowest BCUT2D eigenvalue weighted by Gasteiger charge is -2.34. The highest BCUT2D eigenvalue weighted by atomic mass is 19.1. The molecule has 0 unspecified atom stereocenters. The molecule has 1 fully saturated rings. The largest absolute Gasteiger partial charge is 0.360 e. The van der Waals surface area contributed by atoms with Crippen LogP contribution < -0.4 is 0 Å². The molecule has 2 aromatic rings. The Morgan fingerprint density at radius 3 is 2.46 bits per heavy atom. The van der Waals surface area contributed by atoms with Gasteiger partial charge in [-0.1, -0.05) is 31.1 Å². The highest BCUT2D eigenvalue weighted by molar-refractivity contribution is 5.96. The monoisotopic (exact) mass is 359 g/mol. The Morgan fingerprint density at radius 1 is 1.19 bits per heavy atom. The summed E-state index contributed by atoms with van der Waals surface area (Å²) in [4.78, 5) is 17.1. The van der Waals surface area contributed by atoms with Crippen LogP contribution in [0.5, 0.6) is 0 Å². The van der Waals surface area contributed by atoms with E-state index in [0.717, 1.165) is 31.6 Å². The van der Waals surface area contributed by atoms with Gasteiger partial charge in [0, 0.05) is 38.6 Å². The number of hydrogen-bond acceptors (Lipinski definition) is 4. The number of piperazine rings is 1. The molecule has 0 saturated carbocycles. The van der Waals surface area contributed by atoms with Crippen molar-refractivity contribution in [2.75, 3.05) is 32.7 Å². The molecule has 3 rings (SSSR count). The Bertz CT molecular complexity index is 747. The quantitative estimate of drug-likeness (QED) is 0.822. The average molecular weight is 359 g/mol. The van der Waals surface area contributed by atoms with Gasteiger partial charge >= 0.3 is 0 Å². The minimum absolute atomic E-state index is 0.0191. The van der Waals surface area contributed by atoms with Crippen molar-refractivity contribution in [2.24, 2.45) is 0 Å². The van der Waals surface area contributed by atoms with Crippen molar-refractivity contribution in [3.8, 4) is 0 Å². The maximum absolute atomic E-state index is 13.0. The highest BCUT2D eigenvalue weighted by Crippen LogP contribution is 2.24. The summed E-state index contributed by atoms with van der Waals surface area (Å²) in [7, 11) is 0. The Labute approximate surface area is 153 Å². The molecular formula is C20H26FN3O2. The van der Waals surface area contributed by atoms with Crippen LogP contribution in [0.25, 0.3) is 0 Å². The number of hydrogen-bond donors (Lipinski definition) is 0. The van der Waals surface area contributed by atoms with Gasteiger partial charge in [0.25, 0.3) is 5.91 Å². The lowest BCUT2D eigenvalue weighted by atomic mass is 10.0. The first-order valence-corrected chi connectivity index (χ1v) is 9.18. The van der Waals surface area contributed by atoms with E-state index in [9.17, 15) is 9.18 Å². The summed E-state index contributed by atoms with van der Waals surface area (Å²) in [6, 6.07) is 6.66. The van der Waals surface area contributed by atoms with Gasteiger partial charge in [-0.05, 0) is 31.0 Å². The highest BCUT2D eigenvalue weighted by Gasteiger charge is 2.28. The first kappa shape index (κ1) is 18.6. The summed E-state index contributed by atoms with van der Waals surface area (Å²) < 4.78 is 18.3. The van der Waals surface area contributed by atoms with E-state index < -0.39 is 0 Å². The number of carbonyl (C=O) groups is 1. The van der Waals surface area contributed by atoms with E-state index in [4.69, 9.17) is 4.52 Å². The molecule has 0 N–H and O–H groups in total. The Morgan fingerprint density at radius 2 is 1.85 bits per heavy atom. The zero-order valence-electron chi connectivity index (χ0n) is 15.7. The number of benzene rings is 1. The third-order valence-corrected chi connectivity index (χ3v) is 4.92. The maximum atomic E-state index is 13.0. The first-order chi connectivity index (χ1) is 12.5. The molecule has 2 heterocycles. The van der Waals surface area contributed by atoms with E-state index in [2.05, 4.69) is 10.1 Å². The number of nitrogens with zero attached hydrogens (tertiary/aromatic N) is 3. The van der Waals surface area contributed by atoms with E-state index >= 15 is 0 Å². The molecule has 1 aliphatic heterocycles. The van der Waals surface area contributed by atoms with Crippen LogP contribution in [0.1, 0.15) is 47.1 Å². The zero-order valence-corrected chi connectivity index (χ0v) is 15.7. The van der Waals surface area contributed by atoms with Crippen LogP contribution in [-0.2, 0) is 6.42 Å². The normalized spacial score (nSPS) is 15.7. The molecule has 0 radical (unpaired) electrons. The molecule has 1 aromatic carbocycles. The molecule has 0 aliphatic carbocycles. The second-order valence-electron chi connectivity index (χ2n) is 7.17. The van der Waals surface area contributed by atoms with E-state index in [1.165, 1.54) is 12.1 Å². The summed E-state index contributed by atoms with van der Waals surface area (Å²) in [6.45, 7) is 9.82. The predicted molar refractivity (Wildman–Crippen MR) is 97.8 cm³/mol. The first-order valence-electron chi connectivity index (χ1n) is 9.18. The van der Waals surface area contributed by atoms with E-state index in [-0.39, 0.29) is 17.6 Å². The van der Waals surface area contributed by atoms with E-state index in [0.29, 0.717) is 30.1 Å². The van der Waals surface area contributed by atoms with Crippen LogP contribution in [0.15, 0.2) is 28.8 Å². The van der Waals surface area contributed by atoms with Crippen LogP contribution in [0, 0.1) is 12.7 Å². The fourth-order valence-electron chi connectivity index (χ4n) is 3.31. The molecule has 1 aliphatic rings. The fraction of sp³-hybridized carbons (Fsp3) is 0.500. The van der Waals surface area contributed by atoms with Crippen molar-refractivity contribution in [2.45, 2.75) is 33.1 Å². The van der Waals surface area contributed by atoms with E-state index in [1.54, 1.807) is 0 Å². The number of aryl methyl sites for hydroxylation is 1. The van der Waals surface area contributed by atoms with Crippen LogP contribution in [0.4, 0.5) is 4.39 Å². The smallest absolute Gasteiger partial charge is 0.259 e. The summed E-state index contributed by atoms with van der Waals surface area (Å²) >= 11 is 0. The molecular weight excluding hydrogens is 333 g/mol. The van der Waals surface area contributed by atoms with Crippen molar-refractivity contribution in [1.29, 1.82) is 0 Å². The third kappa shape index (κ3) is 4.12. The maximum Gasteiger partial charge on any atom is 0.259 e. The van der Waals surface area contributed by atoms with Crippen molar-refractivity contribution in [3.63, 3.8) is 0 Å². The number of amides is 1. The van der Waals surface area contributed by atoms with Gasteiger partial charge in [0.05, 0.1) is 5.69 Å². The van der Waals surface area contributed by atoms with Crippen LogP contribution in [-0.4, -0.2) is 53.6 Å². The second kappa shape index (κ2) is 7.99. The van der Waals surface area contributed by atoms with Gasteiger partial charge in [-0.2, -0.15) is 0 Å². The van der Waals surface area contributed by atoms with Gasteiger partial charge < -0.3 is 9.42 Å². The van der Waals surface area contributed by atoms with Gasteiger partial charge in [-0.3, -0.25) is 9.69 Å². The topological polar surface area (TPSA) is 49.6 Å². The van der Waals surface area contributed by atoms with Crippen molar-refractivity contribution in [1.82, 2.24) is 15.0 Å². The summed E-state index contributed by atoms with van der Waals surface area (Å²) in [5, 5.41) is 3.98. The fourth-order valence-corrected chi connectivity index (χ4v) is 3.31. The minimum atomic E-state index is -0.203. The predicted octanol–water partition coefficient (Wildman–Crippen LogP) is 3.25. The van der Waals surface area contributed by atoms with Crippen molar-refractivity contribution >= 4 is 5.91 Å². The Hall–Kier alpha value is -2.21. The van der Waals surface area contributed by atoms with E-state index in [1.807, 2.05) is 37.8 Å². The van der Waals surface area contributed by atoms with Gasteiger partial charge in [-0.25, -0.2) is 4.39 Å². The van der Waals surface area contributed by atoms with Crippen LogP contribution in [0.3, 0.4) is 0 Å². The summed E-state index contributed by atoms with van der Waals surface area (Å²) in [6.07, 6.45) is 0.885. The van der Waals surface area contributed by atoms with Gasteiger partial charge in [0.1, 0.15) is 11.4 Å². The molecule has 26 heavy (non-hydrogen) atoms. The third-order valence-electron chi connectivity index (χ3n) is 4.92. The van der Waals surface area contributed by atoms with Gasteiger partial charge in [0.2, 0.25) is 0 Å². The molecule has 6 heteroatoms. The molecule has 140 valence electrons. The molecule has 0 atom stereocenters. The number of carbonyl (C=O) groups excluding carboxylic acids is 1. The molecule has 1 amide bonds. The molecule has 1 aromatic heterocycles. The lowest BCUT2D eigenvalue weighted by molar-refractivity contribution is 0.0635. The number of halogens is 1.